The van der Waals surface area contributed by atoms with Crippen LogP contribution in [0.15, 0.2) is 42.5 Å². The Balaban J connectivity index is 1.93. The quantitative estimate of drug-likeness (QED) is 0.124. The number of hydrogen-bond acceptors (Lipinski definition) is 1. The molecule has 38 heavy (non-hydrogen) atoms. The highest BCUT2D eigenvalue weighted by molar-refractivity contribution is 5.71. The highest BCUT2D eigenvalue weighted by Crippen LogP contribution is 2.32. The third-order valence-corrected chi connectivity index (χ3v) is 7.99. The lowest BCUT2D eigenvalue weighted by Crippen LogP contribution is -2.39. The highest BCUT2D eigenvalue weighted by atomic mass is 16.5. The van der Waals surface area contributed by atoms with Crippen molar-refractivity contribution in [2.24, 2.45) is 0 Å². The van der Waals surface area contributed by atoms with Crippen LogP contribution in [0.5, 0.6) is 5.75 Å². The molecule has 2 aromatic carbocycles. The van der Waals surface area contributed by atoms with Crippen LogP contribution in [0.2, 0.25) is 0 Å². The van der Waals surface area contributed by atoms with Crippen molar-refractivity contribution in [2.75, 3.05) is 48.4 Å². The number of methoxy groups -OCH3 is 1. The summed E-state index contributed by atoms with van der Waals surface area (Å²) in [4.78, 5) is 0. The van der Waals surface area contributed by atoms with Crippen molar-refractivity contribution in [2.45, 2.75) is 104 Å². The van der Waals surface area contributed by atoms with Gasteiger partial charge in [-0.2, -0.15) is 0 Å². The van der Waals surface area contributed by atoms with Gasteiger partial charge in [-0.05, 0) is 37.3 Å². The van der Waals surface area contributed by atoms with E-state index >= 15 is 0 Å². The predicted octanol–water partition coefficient (Wildman–Crippen LogP) is 9.24. The van der Waals surface area contributed by atoms with Crippen LogP contribution in [-0.2, 0) is 13.1 Å². The van der Waals surface area contributed by atoms with Gasteiger partial charge in [0.05, 0.1) is 48.4 Å². The Morgan fingerprint density at radius 2 is 1.00 bits per heavy atom. The molecule has 2 rings (SSSR count). The zero-order chi connectivity index (χ0) is 27.9. The number of hydrogen-bond donors (Lipinski definition) is 0. The topological polar surface area (TPSA) is 9.23 Å². The Bertz CT molecular complexity index is 901. The second-order valence-corrected chi connectivity index (χ2v) is 12.9. The Kier molecular flexibility index (Phi) is 14.5. The van der Waals surface area contributed by atoms with Crippen LogP contribution in [0.1, 0.15) is 102 Å². The predicted molar refractivity (Wildman–Crippen MR) is 167 cm³/mol. The van der Waals surface area contributed by atoms with Gasteiger partial charge in [0, 0.05) is 16.7 Å². The molecule has 0 aliphatic heterocycles. The normalized spacial score (nSPS) is 12.2. The Morgan fingerprint density at radius 3 is 1.50 bits per heavy atom. The molecule has 214 valence electrons. The molecule has 3 nitrogen and oxygen atoms in total. The van der Waals surface area contributed by atoms with Gasteiger partial charge in [-0.15, -0.1) is 0 Å². The molecule has 0 unspecified atom stereocenters. The summed E-state index contributed by atoms with van der Waals surface area (Å²) >= 11 is 0. The summed E-state index contributed by atoms with van der Waals surface area (Å²) in [6.45, 7) is 9.16. The lowest BCUT2D eigenvalue weighted by molar-refractivity contribution is -0.903. The van der Waals surface area contributed by atoms with Crippen molar-refractivity contribution in [1.29, 1.82) is 0 Å². The van der Waals surface area contributed by atoms with Crippen molar-refractivity contribution >= 4 is 0 Å². The molecular formula is C35H60N2O+2. The molecule has 0 aliphatic rings. The van der Waals surface area contributed by atoms with E-state index in [-0.39, 0.29) is 0 Å². The Labute approximate surface area is 236 Å². The van der Waals surface area contributed by atoms with Gasteiger partial charge in [0.2, 0.25) is 0 Å². The van der Waals surface area contributed by atoms with Crippen LogP contribution in [-0.4, -0.2) is 57.4 Å². The first-order chi connectivity index (χ1) is 18.2. The first-order valence-electron chi connectivity index (χ1n) is 15.6. The fourth-order valence-corrected chi connectivity index (χ4v) is 5.65. The van der Waals surface area contributed by atoms with Crippen molar-refractivity contribution < 1.29 is 13.7 Å². The standard InChI is InChI=1S/C35H60N2O/c1-8-10-12-14-16-18-26-36(3,4)29-31-20-23-33(24-21-31)34-25-22-32(28-35(34)38-7)30-37(5,6)27-19-17-15-13-11-9-2/h20-25,28H,8-19,26-27,29-30H2,1-7H3/q+2. The fraction of sp³-hybridized carbons (Fsp3) is 0.657. The van der Waals surface area contributed by atoms with Gasteiger partial charge < -0.3 is 13.7 Å². The molecule has 0 aliphatic carbocycles. The minimum atomic E-state index is 0.981. The van der Waals surface area contributed by atoms with Crippen LogP contribution < -0.4 is 4.74 Å². The van der Waals surface area contributed by atoms with Gasteiger partial charge in [0.15, 0.2) is 0 Å². The van der Waals surface area contributed by atoms with Crippen LogP contribution in [0, 0.1) is 0 Å². The molecule has 3 heteroatoms. The third kappa shape index (κ3) is 12.3. The summed E-state index contributed by atoms with van der Waals surface area (Å²) < 4.78 is 7.95. The monoisotopic (exact) mass is 524 g/mol. The number of quaternary nitrogens is 2. The molecule has 0 saturated heterocycles. The van der Waals surface area contributed by atoms with Gasteiger partial charge in [0.25, 0.3) is 0 Å². The van der Waals surface area contributed by atoms with Crippen molar-refractivity contribution in [3.05, 3.63) is 53.6 Å². The van der Waals surface area contributed by atoms with E-state index in [0.717, 1.165) is 27.8 Å². The number of ether oxygens (including phenoxy) is 1. The number of unbranched alkanes of at least 4 members (excludes halogenated alkanes) is 10. The number of rotatable bonds is 20. The van der Waals surface area contributed by atoms with E-state index < -0.39 is 0 Å². The molecule has 0 bridgehead atoms. The molecule has 0 fully saturated rings. The lowest BCUT2D eigenvalue weighted by atomic mass is 10.0. The summed E-state index contributed by atoms with van der Waals surface area (Å²) in [5.74, 6) is 0.981. The third-order valence-electron chi connectivity index (χ3n) is 7.99. The second-order valence-electron chi connectivity index (χ2n) is 12.9. The van der Waals surface area contributed by atoms with Crippen LogP contribution in [0.3, 0.4) is 0 Å². The smallest absolute Gasteiger partial charge is 0.127 e. The van der Waals surface area contributed by atoms with Gasteiger partial charge >= 0.3 is 0 Å². The van der Waals surface area contributed by atoms with Gasteiger partial charge in [0.1, 0.15) is 18.8 Å². The molecule has 0 amide bonds. The maximum absolute atomic E-state index is 5.87. The first kappa shape index (κ1) is 32.4. The van der Waals surface area contributed by atoms with Crippen LogP contribution >= 0.6 is 0 Å². The van der Waals surface area contributed by atoms with E-state index in [1.165, 1.54) is 112 Å². The minimum absolute atomic E-state index is 0.981. The summed E-state index contributed by atoms with van der Waals surface area (Å²) in [5.41, 5.74) is 5.19. The van der Waals surface area contributed by atoms with Crippen molar-refractivity contribution in [3.8, 4) is 16.9 Å². The first-order valence-corrected chi connectivity index (χ1v) is 15.6. The number of benzene rings is 2. The van der Waals surface area contributed by atoms with Gasteiger partial charge in [-0.25, -0.2) is 0 Å². The fourth-order valence-electron chi connectivity index (χ4n) is 5.65. The molecule has 2 aromatic rings. The lowest BCUT2D eigenvalue weighted by Gasteiger charge is -2.30. The van der Waals surface area contributed by atoms with E-state index in [0.29, 0.717) is 0 Å². The maximum atomic E-state index is 5.87. The zero-order valence-electron chi connectivity index (χ0n) is 26.2. The summed E-state index contributed by atoms with van der Waals surface area (Å²) in [7, 11) is 11.3. The highest BCUT2D eigenvalue weighted by Gasteiger charge is 2.18. The molecule has 0 spiro atoms. The average Bonchev–Trinajstić information content (AvgIpc) is 2.88. The SMILES string of the molecule is CCCCCCCC[N+](C)(C)Cc1ccc(-c2ccc(C[N+](C)(C)CCCCCCCC)cc2OC)cc1. The minimum Gasteiger partial charge on any atom is -0.496 e. The Hall–Kier alpha value is -1.84. The van der Waals surface area contributed by atoms with Gasteiger partial charge in [-0.1, -0.05) is 102 Å². The van der Waals surface area contributed by atoms with E-state index in [1.54, 1.807) is 7.11 Å². The van der Waals surface area contributed by atoms with E-state index in [4.69, 9.17) is 4.74 Å². The molecule has 0 saturated carbocycles. The van der Waals surface area contributed by atoms with Crippen LogP contribution in [0.4, 0.5) is 0 Å². The maximum Gasteiger partial charge on any atom is 0.127 e. The zero-order valence-corrected chi connectivity index (χ0v) is 26.2. The largest absolute Gasteiger partial charge is 0.496 e. The molecule has 0 heterocycles. The summed E-state index contributed by atoms with van der Waals surface area (Å²) in [6.07, 6.45) is 16.3. The average molecular weight is 525 g/mol. The summed E-state index contributed by atoms with van der Waals surface area (Å²) in [6, 6.07) is 16.0. The molecule has 0 aromatic heterocycles. The van der Waals surface area contributed by atoms with E-state index in [1.807, 2.05) is 0 Å². The molecule has 0 atom stereocenters. The second kappa shape index (κ2) is 17.0. The Morgan fingerprint density at radius 1 is 0.553 bits per heavy atom. The van der Waals surface area contributed by atoms with Crippen molar-refractivity contribution in [1.82, 2.24) is 0 Å². The van der Waals surface area contributed by atoms with E-state index in [9.17, 15) is 0 Å². The summed E-state index contributed by atoms with van der Waals surface area (Å²) in [5, 5.41) is 0. The van der Waals surface area contributed by atoms with Crippen molar-refractivity contribution in [3.63, 3.8) is 0 Å². The molecule has 0 radical (unpaired) electrons. The van der Waals surface area contributed by atoms with E-state index in [2.05, 4.69) is 84.5 Å². The number of nitrogens with zero attached hydrogens (tertiary/aromatic N) is 2. The van der Waals surface area contributed by atoms with Gasteiger partial charge in [-0.3, -0.25) is 0 Å². The molecular weight excluding hydrogens is 464 g/mol. The molecule has 0 N–H and O–H groups in total. The van der Waals surface area contributed by atoms with Crippen LogP contribution in [0.25, 0.3) is 11.1 Å².